The van der Waals surface area contributed by atoms with E-state index in [1.807, 2.05) is 48.5 Å². The van der Waals surface area contributed by atoms with Crippen molar-refractivity contribution in [2.75, 3.05) is 0 Å². The van der Waals surface area contributed by atoms with Gasteiger partial charge in [0.05, 0.1) is 12.1 Å². The van der Waals surface area contributed by atoms with Crippen LogP contribution in [0.4, 0.5) is 13.2 Å². The number of oxazole rings is 1. The van der Waals surface area contributed by atoms with Crippen molar-refractivity contribution in [1.82, 2.24) is 14.7 Å². The van der Waals surface area contributed by atoms with Crippen LogP contribution in [-0.4, -0.2) is 14.7 Å². The standard InChI is InChI=1S/C29H22F3N3O5/c1-18-25(33-26(39-18)20-10-12-22(13-11-20)29(30,31)32)17-38-23-9-5-8-21(16-23)24(19-6-3-2-4-7-19)14-15-35-27(36)34-28(37)40-35/h2-14,16H,15,17H2,1H3,(H,34,36,37)/b24-14+. The number of nitrogens with one attached hydrogen (secondary N) is 1. The van der Waals surface area contributed by atoms with Crippen molar-refractivity contribution < 1.29 is 26.8 Å². The van der Waals surface area contributed by atoms with Crippen molar-refractivity contribution in [3.05, 3.63) is 134 Å². The van der Waals surface area contributed by atoms with E-state index in [1.54, 1.807) is 19.1 Å². The molecule has 0 aliphatic carbocycles. The van der Waals surface area contributed by atoms with E-state index in [9.17, 15) is 22.8 Å². The molecule has 8 nitrogen and oxygen atoms in total. The van der Waals surface area contributed by atoms with Crippen LogP contribution in [0, 0.1) is 6.92 Å². The number of halogens is 3. The summed E-state index contributed by atoms with van der Waals surface area (Å²) in [5, 5.41) is 0. The third-order valence-corrected chi connectivity index (χ3v) is 6.05. The van der Waals surface area contributed by atoms with Crippen LogP contribution < -0.4 is 16.2 Å². The molecule has 0 fully saturated rings. The number of allylic oxidation sites excluding steroid dienone is 1. The highest BCUT2D eigenvalue weighted by Crippen LogP contribution is 2.32. The summed E-state index contributed by atoms with van der Waals surface area (Å²) in [6.07, 6.45) is -2.66. The smallest absolute Gasteiger partial charge is 0.440 e. The van der Waals surface area contributed by atoms with Crippen LogP contribution in [0.2, 0.25) is 0 Å². The van der Waals surface area contributed by atoms with E-state index in [0.29, 0.717) is 22.8 Å². The molecule has 5 rings (SSSR count). The first-order valence-corrected chi connectivity index (χ1v) is 12.1. The summed E-state index contributed by atoms with van der Waals surface area (Å²) < 4.78 is 56.1. The molecule has 0 unspecified atom stereocenters. The lowest BCUT2D eigenvalue weighted by molar-refractivity contribution is -0.137. The molecule has 11 heteroatoms. The van der Waals surface area contributed by atoms with Gasteiger partial charge in [-0.25, -0.2) is 19.6 Å². The summed E-state index contributed by atoms with van der Waals surface area (Å²) in [5.74, 6) is 0.372. The number of rotatable bonds is 8. The molecule has 0 spiro atoms. The van der Waals surface area contributed by atoms with Gasteiger partial charge in [-0.2, -0.15) is 13.2 Å². The highest BCUT2D eigenvalue weighted by atomic mass is 19.4. The predicted molar refractivity (Wildman–Crippen MR) is 140 cm³/mol. The summed E-state index contributed by atoms with van der Waals surface area (Å²) in [4.78, 5) is 29.7. The zero-order valence-corrected chi connectivity index (χ0v) is 21.1. The van der Waals surface area contributed by atoms with Crippen LogP contribution in [0.5, 0.6) is 5.75 Å². The fourth-order valence-electron chi connectivity index (χ4n) is 4.02. The Kier molecular flexibility index (Phi) is 7.28. The lowest BCUT2D eigenvalue weighted by Gasteiger charge is -2.11. The number of aromatic amines is 1. The Morgan fingerprint density at radius 2 is 1.73 bits per heavy atom. The topological polar surface area (TPSA) is 103 Å². The average molecular weight is 550 g/mol. The molecule has 0 saturated carbocycles. The minimum Gasteiger partial charge on any atom is -0.487 e. The molecule has 0 atom stereocenters. The highest BCUT2D eigenvalue weighted by Gasteiger charge is 2.30. The van der Waals surface area contributed by atoms with Crippen LogP contribution >= 0.6 is 0 Å². The molecule has 2 heterocycles. The molecule has 0 bridgehead atoms. The van der Waals surface area contributed by atoms with E-state index in [2.05, 4.69) is 9.97 Å². The van der Waals surface area contributed by atoms with Crippen LogP contribution in [0.15, 0.2) is 103 Å². The van der Waals surface area contributed by atoms with E-state index in [4.69, 9.17) is 13.7 Å². The van der Waals surface area contributed by atoms with Gasteiger partial charge in [0, 0.05) is 5.56 Å². The maximum absolute atomic E-state index is 12.9. The number of ether oxygens (including phenoxy) is 1. The SMILES string of the molecule is Cc1oc(-c2ccc(C(F)(F)F)cc2)nc1COc1cccc(/C(=C/Cn2oc(=O)[nH]c2=O)c2ccccc2)c1. The van der Waals surface area contributed by atoms with Gasteiger partial charge in [-0.05, 0) is 60.0 Å². The molecule has 0 aliphatic rings. The number of alkyl halides is 3. The Labute approximate surface area is 225 Å². The lowest BCUT2D eigenvalue weighted by atomic mass is 9.97. The van der Waals surface area contributed by atoms with Gasteiger partial charge in [-0.3, -0.25) is 0 Å². The monoisotopic (exact) mass is 549 g/mol. The highest BCUT2D eigenvalue weighted by molar-refractivity contribution is 5.80. The zero-order chi connectivity index (χ0) is 28.3. The lowest BCUT2D eigenvalue weighted by Crippen LogP contribution is -2.16. The summed E-state index contributed by atoms with van der Waals surface area (Å²) >= 11 is 0. The van der Waals surface area contributed by atoms with Gasteiger partial charge in [-0.15, -0.1) is 4.74 Å². The molecular weight excluding hydrogens is 527 g/mol. The predicted octanol–water partition coefficient (Wildman–Crippen LogP) is 5.82. The molecule has 3 aromatic carbocycles. The molecule has 0 saturated heterocycles. The van der Waals surface area contributed by atoms with E-state index in [1.165, 1.54) is 12.1 Å². The Morgan fingerprint density at radius 1 is 1.00 bits per heavy atom. The molecule has 204 valence electrons. The maximum Gasteiger partial charge on any atom is 0.440 e. The largest absolute Gasteiger partial charge is 0.487 e. The molecular formula is C29H22F3N3O5. The summed E-state index contributed by atoms with van der Waals surface area (Å²) in [6, 6.07) is 21.3. The van der Waals surface area contributed by atoms with Gasteiger partial charge in [0.25, 0.3) is 0 Å². The minimum atomic E-state index is -4.43. The normalized spacial score (nSPS) is 12.1. The van der Waals surface area contributed by atoms with E-state index in [-0.39, 0.29) is 19.0 Å². The number of H-pyrrole nitrogens is 1. The molecule has 40 heavy (non-hydrogen) atoms. The van der Waals surface area contributed by atoms with Gasteiger partial charge in [-0.1, -0.05) is 48.5 Å². The first kappa shape index (κ1) is 26.5. The second kappa shape index (κ2) is 11.0. The summed E-state index contributed by atoms with van der Waals surface area (Å²) in [7, 11) is 0. The summed E-state index contributed by atoms with van der Waals surface area (Å²) in [5.41, 5.74) is 1.96. The molecule has 5 aromatic rings. The number of aromatic nitrogens is 3. The molecule has 0 amide bonds. The van der Waals surface area contributed by atoms with E-state index >= 15 is 0 Å². The number of hydrogen-bond donors (Lipinski definition) is 1. The number of hydrogen-bond acceptors (Lipinski definition) is 6. The molecule has 0 radical (unpaired) electrons. The maximum atomic E-state index is 12.9. The van der Waals surface area contributed by atoms with Crippen molar-refractivity contribution in [3.63, 3.8) is 0 Å². The van der Waals surface area contributed by atoms with Gasteiger partial charge >= 0.3 is 17.6 Å². The fraction of sp³-hybridized carbons (Fsp3) is 0.138. The fourth-order valence-corrected chi connectivity index (χ4v) is 4.02. The van der Waals surface area contributed by atoms with Crippen LogP contribution in [0.1, 0.15) is 28.1 Å². The van der Waals surface area contributed by atoms with Crippen LogP contribution in [-0.2, 0) is 19.3 Å². The number of benzene rings is 3. The molecule has 0 aliphatic heterocycles. The second-order valence-corrected chi connectivity index (χ2v) is 8.77. The van der Waals surface area contributed by atoms with E-state index < -0.39 is 23.2 Å². The van der Waals surface area contributed by atoms with Crippen LogP contribution in [0.3, 0.4) is 0 Å². The first-order valence-electron chi connectivity index (χ1n) is 12.1. The Hall–Kier alpha value is -5.06. The van der Waals surface area contributed by atoms with Crippen molar-refractivity contribution in [3.8, 4) is 17.2 Å². The number of nitrogens with zero attached hydrogens (tertiary/aromatic N) is 2. The van der Waals surface area contributed by atoms with Crippen molar-refractivity contribution in [2.45, 2.75) is 26.3 Å². The van der Waals surface area contributed by atoms with Crippen molar-refractivity contribution >= 4 is 5.57 Å². The average Bonchev–Trinajstić information content (AvgIpc) is 3.48. The third kappa shape index (κ3) is 5.98. The quantitative estimate of drug-likeness (QED) is 0.262. The first-order chi connectivity index (χ1) is 19.2. The zero-order valence-electron chi connectivity index (χ0n) is 21.1. The van der Waals surface area contributed by atoms with Crippen LogP contribution in [0.25, 0.3) is 17.0 Å². The summed E-state index contributed by atoms with van der Waals surface area (Å²) in [6.45, 7) is 1.79. The van der Waals surface area contributed by atoms with Gasteiger partial charge < -0.3 is 13.7 Å². The number of aryl methyl sites for hydroxylation is 1. The van der Waals surface area contributed by atoms with Gasteiger partial charge in [0.2, 0.25) is 5.89 Å². The van der Waals surface area contributed by atoms with Crippen molar-refractivity contribution in [1.29, 1.82) is 0 Å². The Morgan fingerprint density at radius 3 is 2.40 bits per heavy atom. The van der Waals surface area contributed by atoms with Gasteiger partial charge in [0.15, 0.2) is 0 Å². The van der Waals surface area contributed by atoms with Crippen molar-refractivity contribution in [2.24, 2.45) is 0 Å². The molecule has 2 aromatic heterocycles. The second-order valence-electron chi connectivity index (χ2n) is 8.77. The van der Waals surface area contributed by atoms with Gasteiger partial charge in [0.1, 0.15) is 23.8 Å². The van der Waals surface area contributed by atoms with E-state index in [0.717, 1.165) is 33.6 Å². The third-order valence-electron chi connectivity index (χ3n) is 6.05. The molecule has 1 N–H and O–H groups in total. The Balaban J connectivity index is 1.36. The Bertz CT molecular complexity index is 1760. The minimum absolute atomic E-state index is 0.0255.